The highest BCUT2D eigenvalue weighted by Gasteiger charge is 2.36. The van der Waals surface area contributed by atoms with Crippen molar-refractivity contribution in [2.75, 3.05) is 6.61 Å². The summed E-state index contributed by atoms with van der Waals surface area (Å²) in [6.45, 7) is 11.0. The number of non-ortho nitro benzene ring substituents is 1. The molecule has 0 amide bonds. The molecule has 2 heterocycles. The van der Waals surface area contributed by atoms with Crippen molar-refractivity contribution in [3.05, 3.63) is 76.1 Å². The maximum absolute atomic E-state index is 13.9. The number of benzene rings is 2. The van der Waals surface area contributed by atoms with E-state index in [-0.39, 0.29) is 24.1 Å². The molecular formula is C30H31F3N4O5Si. The summed E-state index contributed by atoms with van der Waals surface area (Å²) in [7, 11) is -1.36. The van der Waals surface area contributed by atoms with Gasteiger partial charge in [-0.3, -0.25) is 10.1 Å². The number of fused-ring (bicyclic) bond motifs is 1. The molecule has 2 aromatic heterocycles. The summed E-state index contributed by atoms with van der Waals surface area (Å²) in [6.07, 6.45) is -1.93. The fourth-order valence-electron chi connectivity index (χ4n) is 4.33. The third kappa shape index (κ3) is 7.52. The number of rotatable bonds is 11. The first-order chi connectivity index (χ1) is 20.2. The van der Waals surface area contributed by atoms with Gasteiger partial charge in [0.2, 0.25) is 0 Å². The molecule has 0 unspecified atom stereocenters. The maximum Gasteiger partial charge on any atom is 0.420 e. The van der Waals surface area contributed by atoms with Crippen LogP contribution in [0.15, 0.2) is 54.9 Å². The summed E-state index contributed by atoms with van der Waals surface area (Å²) in [5.74, 6) is -0.162. The molecule has 13 heteroatoms. The number of nitrogens with zero attached hydrogens (tertiary/aromatic N) is 4. The number of hydrogen-bond donors (Lipinski definition) is 0. The van der Waals surface area contributed by atoms with Crippen LogP contribution >= 0.6 is 0 Å². The molecule has 0 N–H and O–H groups in total. The van der Waals surface area contributed by atoms with Gasteiger partial charge >= 0.3 is 6.18 Å². The molecular weight excluding hydrogens is 581 g/mol. The first-order valence-corrected chi connectivity index (χ1v) is 17.2. The lowest BCUT2D eigenvalue weighted by molar-refractivity contribution is -0.385. The predicted molar refractivity (Wildman–Crippen MR) is 158 cm³/mol. The average molecular weight is 613 g/mol. The summed E-state index contributed by atoms with van der Waals surface area (Å²) >= 11 is 0. The van der Waals surface area contributed by atoms with E-state index >= 15 is 0 Å². The van der Waals surface area contributed by atoms with Crippen molar-refractivity contribution < 1.29 is 32.3 Å². The Bertz CT molecular complexity index is 1690. The van der Waals surface area contributed by atoms with Crippen molar-refractivity contribution in [1.29, 1.82) is 5.26 Å². The molecule has 0 spiro atoms. The van der Waals surface area contributed by atoms with Gasteiger partial charge in [-0.15, -0.1) is 0 Å². The topological polar surface area (TPSA) is 112 Å². The molecule has 0 bridgehead atoms. The number of nitro benzene ring substituents is 1. The van der Waals surface area contributed by atoms with E-state index in [0.29, 0.717) is 40.6 Å². The Morgan fingerprint density at radius 3 is 2.44 bits per heavy atom. The minimum atomic E-state index is -4.92. The molecule has 4 aromatic rings. The molecule has 0 radical (unpaired) electrons. The van der Waals surface area contributed by atoms with E-state index in [1.807, 2.05) is 13.8 Å². The van der Waals surface area contributed by atoms with Crippen LogP contribution in [0.3, 0.4) is 0 Å². The Kier molecular flexibility index (Phi) is 9.12. The molecule has 0 fully saturated rings. The minimum Gasteiger partial charge on any atom is -0.490 e. The predicted octanol–water partition coefficient (Wildman–Crippen LogP) is 8.39. The third-order valence-corrected chi connectivity index (χ3v) is 8.12. The highest BCUT2D eigenvalue weighted by Crippen LogP contribution is 2.43. The monoisotopic (exact) mass is 612 g/mol. The second kappa shape index (κ2) is 12.4. The van der Waals surface area contributed by atoms with E-state index in [9.17, 15) is 28.5 Å². The number of alkyl halides is 3. The van der Waals surface area contributed by atoms with E-state index in [4.69, 9.17) is 14.2 Å². The minimum absolute atomic E-state index is 0.0428. The molecule has 226 valence electrons. The number of pyridine rings is 1. The van der Waals surface area contributed by atoms with E-state index in [0.717, 1.165) is 18.2 Å². The summed E-state index contributed by atoms with van der Waals surface area (Å²) < 4.78 is 61.1. The average Bonchev–Trinajstić information content (AvgIpc) is 3.29. The molecule has 43 heavy (non-hydrogen) atoms. The van der Waals surface area contributed by atoms with Gasteiger partial charge in [0.25, 0.3) is 5.69 Å². The van der Waals surface area contributed by atoms with Gasteiger partial charge in [0, 0.05) is 44.8 Å². The number of hydrogen-bond acceptors (Lipinski definition) is 7. The molecule has 2 aromatic carbocycles. The van der Waals surface area contributed by atoms with Crippen LogP contribution in [0.5, 0.6) is 17.2 Å². The standard InChI is InChI=1S/C30H31F3N4O5Si/c1-19(2)41-25-8-6-20(14-21(25)16-34)23-17-36(18-40-12-13-43(3,4)5)29-28(23)27(10-11-35-29)42-26-9-7-22(37(38)39)15-24(26)30(31,32)33/h6-11,14-15,17,19H,12-13,18H2,1-5H3. The molecule has 0 aliphatic carbocycles. The van der Waals surface area contributed by atoms with Gasteiger partial charge in [0.15, 0.2) is 0 Å². The fraction of sp³-hybridized carbons (Fsp3) is 0.333. The van der Waals surface area contributed by atoms with Crippen LogP contribution in [0.25, 0.3) is 22.2 Å². The lowest BCUT2D eigenvalue weighted by atomic mass is 10.0. The van der Waals surface area contributed by atoms with Crippen LogP contribution in [-0.4, -0.2) is 35.3 Å². The van der Waals surface area contributed by atoms with Crippen molar-refractivity contribution >= 4 is 24.8 Å². The second-order valence-corrected chi connectivity index (χ2v) is 17.0. The Morgan fingerprint density at radius 1 is 1.09 bits per heavy atom. The molecule has 4 rings (SSSR count). The van der Waals surface area contributed by atoms with E-state index in [2.05, 4.69) is 30.7 Å². The van der Waals surface area contributed by atoms with Gasteiger partial charge in [0.1, 0.15) is 41.3 Å². The zero-order valence-corrected chi connectivity index (χ0v) is 25.4. The summed E-state index contributed by atoms with van der Waals surface area (Å²) in [5, 5.41) is 21.4. The second-order valence-electron chi connectivity index (χ2n) is 11.4. The van der Waals surface area contributed by atoms with Gasteiger partial charge in [-0.1, -0.05) is 25.7 Å². The first-order valence-electron chi connectivity index (χ1n) is 13.5. The number of aromatic nitrogens is 2. The Morgan fingerprint density at radius 2 is 1.81 bits per heavy atom. The highest BCUT2D eigenvalue weighted by atomic mass is 28.3. The van der Waals surface area contributed by atoms with E-state index < -0.39 is 36.2 Å². The van der Waals surface area contributed by atoms with Crippen LogP contribution in [0, 0.1) is 21.4 Å². The Labute approximate surface area is 247 Å². The quantitative estimate of drug-likeness (QED) is 0.0723. The summed E-state index contributed by atoms with van der Waals surface area (Å²) in [6, 6.07) is 11.9. The molecule has 0 atom stereocenters. The van der Waals surface area contributed by atoms with Crippen molar-refractivity contribution in [3.63, 3.8) is 0 Å². The van der Waals surface area contributed by atoms with E-state index in [1.54, 1.807) is 29.0 Å². The lowest BCUT2D eigenvalue weighted by Gasteiger charge is -2.16. The highest BCUT2D eigenvalue weighted by molar-refractivity contribution is 6.76. The van der Waals surface area contributed by atoms with E-state index in [1.165, 1.54) is 12.3 Å². The molecule has 0 saturated heterocycles. The SMILES string of the molecule is CC(C)Oc1ccc(-c2cn(COCC[Si](C)(C)C)c3nccc(Oc4ccc([N+](=O)[O-])cc4C(F)(F)F)c23)cc1C#N. The fourth-order valence-corrected chi connectivity index (χ4v) is 5.09. The summed E-state index contributed by atoms with van der Waals surface area (Å²) in [5.41, 5.74) is -0.221. The van der Waals surface area contributed by atoms with Gasteiger partial charge in [-0.2, -0.15) is 18.4 Å². The molecule has 0 saturated carbocycles. The largest absolute Gasteiger partial charge is 0.490 e. The smallest absolute Gasteiger partial charge is 0.420 e. The van der Waals surface area contributed by atoms with Crippen LogP contribution in [0.4, 0.5) is 18.9 Å². The zero-order chi connectivity index (χ0) is 31.5. The van der Waals surface area contributed by atoms with Crippen molar-refractivity contribution in [3.8, 4) is 34.4 Å². The van der Waals surface area contributed by atoms with Crippen molar-refractivity contribution in [2.45, 2.75) is 58.5 Å². The van der Waals surface area contributed by atoms with Gasteiger partial charge < -0.3 is 18.8 Å². The summed E-state index contributed by atoms with van der Waals surface area (Å²) in [4.78, 5) is 14.7. The number of halogens is 3. The molecule has 0 aliphatic rings. The third-order valence-electron chi connectivity index (χ3n) is 6.42. The van der Waals surface area contributed by atoms with Crippen LogP contribution in [0.1, 0.15) is 25.0 Å². The van der Waals surface area contributed by atoms with Gasteiger partial charge in [-0.05, 0) is 49.7 Å². The van der Waals surface area contributed by atoms with Gasteiger partial charge in [0.05, 0.1) is 22.0 Å². The molecule has 9 nitrogen and oxygen atoms in total. The van der Waals surface area contributed by atoms with Crippen molar-refractivity contribution in [2.24, 2.45) is 0 Å². The Hall–Kier alpha value is -4.41. The number of nitriles is 1. The van der Waals surface area contributed by atoms with Crippen LogP contribution in [0.2, 0.25) is 25.7 Å². The van der Waals surface area contributed by atoms with Gasteiger partial charge in [-0.25, -0.2) is 4.98 Å². The Balaban J connectivity index is 1.86. The number of nitro groups is 1. The zero-order valence-electron chi connectivity index (χ0n) is 24.4. The van der Waals surface area contributed by atoms with Crippen molar-refractivity contribution in [1.82, 2.24) is 9.55 Å². The first kappa shape index (κ1) is 31.5. The molecule has 0 aliphatic heterocycles. The number of ether oxygens (including phenoxy) is 3. The lowest BCUT2D eigenvalue weighted by Crippen LogP contribution is -2.22. The van der Waals surface area contributed by atoms with Crippen LogP contribution in [-0.2, 0) is 17.6 Å². The van der Waals surface area contributed by atoms with Crippen LogP contribution < -0.4 is 9.47 Å². The normalized spacial score (nSPS) is 12.0. The maximum atomic E-state index is 13.9.